The summed E-state index contributed by atoms with van der Waals surface area (Å²) in [6.07, 6.45) is 0.877. The number of methoxy groups -OCH3 is 1. The van der Waals surface area contributed by atoms with Gasteiger partial charge in [0.05, 0.1) is 13.2 Å². The van der Waals surface area contributed by atoms with Crippen LogP contribution in [-0.2, 0) is 11.2 Å². The summed E-state index contributed by atoms with van der Waals surface area (Å²) in [6, 6.07) is 13.8. The first-order valence-electron chi connectivity index (χ1n) is 10.4. The highest BCUT2D eigenvalue weighted by Crippen LogP contribution is 2.20. The first-order valence-corrected chi connectivity index (χ1v) is 10.4. The molecule has 0 aliphatic heterocycles. The molecule has 0 saturated carbocycles. The summed E-state index contributed by atoms with van der Waals surface area (Å²) in [5.74, 6) is 2.14. The molecule has 0 atom stereocenters. The molecule has 0 spiro atoms. The quantitative estimate of drug-likeness (QED) is 0.474. The molecule has 168 valence electrons. The summed E-state index contributed by atoms with van der Waals surface area (Å²) in [4.78, 5) is 18.0. The Bertz CT molecular complexity index is 877. The van der Waals surface area contributed by atoms with Crippen LogP contribution >= 0.6 is 0 Å². The molecular weight excluding hydrogens is 392 g/mol. The Labute approximate surface area is 185 Å². The van der Waals surface area contributed by atoms with E-state index in [4.69, 9.17) is 9.47 Å². The van der Waals surface area contributed by atoms with Crippen LogP contribution in [0, 0.1) is 6.92 Å². The largest absolute Gasteiger partial charge is 0.496 e. The Kier molecular flexibility index (Phi) is 9.18. The maximum atomic E-state index is 12.0. The highest BCUT2D eigenvalue weighted by Gasteiger charge is 2.08. The topological polar surface area (TPSA) is 75.2 Å². The predicted molar refractivity (Wildman–Crippen MR) is 126 cm³/mol. The maximum absolute atomic E-state index is 12.0. The summed E-state index contributed by atoms with van der Waals surface area (Å²) < 4.78 is 11.2. The second kappa shape index (κ2) is 11.8. The van der Waals surface area contributed by atoms with Crippen molar-refractivity contribution in [1.29, 1.82) is 0 Å². The van der Waals surface area contributed by atoms with E-state index in [0.29, 0.717) is 12.5 Å². The molecule has 1 amide bonds. The minimum absolute atomic E-state index is 0.0602. The number of aryl methyl sites for hydroxylation is 1. The lowest BCUT2D eigenvalue weighted by atomic mass is 10.1. The van der Waals surface area contributed by atoms with Crippen molar-refractivity contribution >= 4 is 17.6 Å². The van der Waals surface area contributed by atoms with Crippen molar-refractivity contribution in [2.45, 2.75) is 33.3 Å². The van der Waals surface area contributed by atoms with Crippen molar-refractivity contribution in [3.63, 3.8) is 0 Å². The van der Waals surface area contributed by atoms with Crippen LogP contribution in [0.25, 0.3) is 0 Å². The average molecular weight is 427 g/mol. The van der Waals surface area contributed by atoms with Gasteiger partial charge in [0.2, 0.25) is 5.91 Å². The molecule has 0 aliphatic rings. The van der Waals surface area contributed by atoms with Crippen molar-refractivity contribution in [3.05, 3.63) is 53.6 Å². The van der Waals surface area contributed by atoms with E-state index in [1.165, 1.54) is 10.5 Å². The lowest BCUT2D eigenvalue weighted by molar-refractivity contribution is -0.127. The molecule has 2 aromatic rings. The molecule has 0 saturated heterocycles. The van der Waals surface area contributed by atoms with Crippen molar-refractivity contribution < 1.29 is 14.3 Å². The van der Waals surface area contributed by atoms with Crippen LogP contribution in [0.3, 0.4) is 0 Å². The number of carbonyl (C=O) groups excluding carboxylic acids is 1. The minimum Gasteiger partial charge on any atom is -0.496 e. The SMILES string of the molecule is COc1ccc(C)cc1CCNC(=NCC(=O)N(C)C)Nc1ccc(OC(C)C)cc1. The van der Waals surface area contributed by atoms with Crippen LogP contribution in [0.15, 0.2) is 47.5 Å². The molecule has 2 rings (SSSR count). The molecule has 7 nitrogen and oxygen atoms in total. The van der Waals surface area contributed by atoms with Gasteiger partial charge in [-0.05, 0) is 63.1 Å². The first-order chi connectivity index (χ1) is 14.8. The van der Waals surface area contributed by atoms with E-state index >= 15 is 0 Å². The maximum Gasteiger partial charge on any atom is 0.243 e. The van der Waals surface area contributed by atoms with Crippen LogP contribution in [0.5, 0.6) is 11.5 Å². The van der Waals surface area contributed by atoms with E-state index in [2.05, 4.69) is 28.6 Å². The van der Waals surface area contributed by atoms with Gasteiger partial charge in [0, 0.05) is 26.3 Å². The van der Waals surface area contributed by atoms with Gasteiger partial charge in [-0.3, -0.25) is 4.79 Å². The van der Waals surface area contributed by atoms with Crippen molar-refractivity contribution in [3.8, 4) is 11.5 Å². The molecule has 0 heterocycles. The molecule has 0 bridgehead atoms. The zero-order chi connectivity index (χ0) is 22.8. The number of amides is 1. The number of nitrogens with zero attached hydrogens (tertiary/aromatic N) is 2. The van der Waals surface area contributed by atoms with Crippen LogP contribution in [0.4, 0.5) is 5.69 Å². The number of nitrogens with one attached hydrogen (secondary N) is 2. The van der Waals surface area contributed by atoms with Gasteiger partial charge >= 0.3 is 0 Å². The molecule has 0 radical (unpaired) electrons. The van der Waals surface area contributed by atoms with Crippen molar-refractivity contribution in [1.82, 2.24) is 10.2 Å². The number of benzene rings is 2. The number of guanidine groups is 1. The number of aliphatic imine (C=N–C) groups is 1. The fourth-order valence-electron chi connectivity index (χ4n) is 2.87. The van der Waals surface area contributed by atoms with Crippen molar-refractivity contribution in [2.24, 2.45) is 4.99 Å². The van der Waals surface area contributed by atoms with Gasteiger partial charge in [-0.2, -0.15) is 0 Å². The Hall–Kier alpha value is -3.22. The normalized spacial score (nSPS) is 11.3. The number of anilines is 1. The fraction of sp³-hybridized carbons (Fsp3) is 0.417. The average Bonchev–Trinajstić information content (AvgIpc) is 2.72. The molecule has 31 heavy (non-hydrogen) atoms. The molecule has 2 aromatic carbocycles. The third kappa shape index (κ3) is 8.20. The molecule has 0 aliphatic carbocycles. The molecule has 0 unspecified atom stereocenters. The summed E-state index contributed by atoms with van der Waals surface area (Å²) in [7, 11) is 5.11. The Morgan fingerprint density at radius 2 is 1.84 bits per heavy atom. The first kappa shape index (κ1) is 24.1. The number of likely N-dealkylation sites (N-methyl/N-ethyl adjacent to an activating group) is 1. The van der Waals surface area contributed by atoms with E-state index in [9.17, 15) is 4.79 Å². The van der Waals surface area contributed by atoms with E-state index < -0.39 is 0 Å². The van der Waals surface area contributed by atoms with Crippen LogP contribution < -0.4 is 20.1 Å². The van der Waals surface area contributed by atoms with Gasteiger partial charge in [0.1, 0.15) is 18.0 Å². The van der Waals surface area contributed by atoms with E-state index in [1.807, 2.05) is 50.2 Å². The van der Waals surface area contributed by atoms with E-state index in [-0.39, 0.29) is 18.6 Å². The third-order valence-electron chi connectivity index (χ3n) is 4.48. The number of carbonyl (C=O) groups is 1. The fourth-order valence-corrected chi connectivity index (χ4v) is 2.87. The smallest absolute Gasteiger partial charge is 0.243 e. The Balaban J connectivity index is 2.07. The summed E-state index contributed by atoms with van der Waals surface area (Å²) >= 11 is 0. The molecule has 7 heteroatoms. The molecular formula is C24H34N4O3. The Morgan fingerprint density at radius 3 is 2.45 bits per heavy atom. The number of ether oxygens (including phenoxy) is 2. The van der Waals surface area contributed by atoms with Gasteiger partial charge in [-0.1, -0.05) is 17.7 Å². The van der Waals surface area contributed by atoms with Gasteiger partial charge in [-0.25, -0.2) is 4.99 Å². The lowest BCUT2D eigenvalue weighted by Gasteiger charge is -2.15. The monoisotopic (exact) mass is 426 g/mol. The van der Waals surface area contributed by atoms with Gasteiger partial charge < -0.3 is 25.0 Å². The minimum atomic E-state index is -0.0675. The lowest BCUT2D eigenvalue weighted by Crippen LogP contribution is -2.34. The van der Waals surface area contributed by atoms with Gasteiger partial charge in [0.15, 0.2) is 5.96 Å². The Morgan fingerprint density at radius 1 is 1.13 bits per heavy atom. The van der Waals surface area contributed by atoms with E-state index in [0.717, 1.165) is 29.2 Å². The molecule has 0 aromatic heterocycles. The summed E-state index contributed by atoms with van der Waals surface area (Å²) in [6.45, 7) is 6.74. The second-order valence-corrected chi connectivity index (χ2v) is 7.76. The van der Waals surface area contributed by atoms with Crippen LogP contribution in [-0.4, -0.2) is 57.2 Å². The summed E-state index contributed by atoms with van der Waals surface area (Å²) in [5, 5.41) is 6.57. The van der Waals surface area contributed by atoms with Crippen molar-refractivity contribution in [2.75, 3.05) is 39.6 Å². The summed E-state index contributed by atoms with van der Waals surface area (Å²) in [5.41, 5.74) is 3.16. The predicted octanol–water partition coefficient (Wildman–Crippen LogP) is 3.48. The molecule has 2 N–H and O–H groups in total. The zero-order valence-electron chi connectivity index (χ0n) is 19.4. The number of rotatable bonds is 9. The second-order valence-electron chi connectivity index (χ2n) is 7.76. The van der Waals surface area contributed by atoms with Gasteiger partial charge in [0.25, 0.3) is 0 Å². The zero-order valence-corrected chi connectivity index (χ0v) is 19.4. The van der Waals surface area contributed by atoms with Crippen LogP contribution in [0.1, 0.15) is 25.0 Å². The van der Waals surface area contributed by atoms with Crippen LogP contribution in [0.2, 0.25) is 0 Å². The number of hydrogen-bond acceptors (Lipinski definition) is 4. The molecule has 0 fully saturated rings. The standard InChI is InChI=1S/C24H34N4O3/c1-17(2)31-21-10-8-20(9-11-21)27-24(26-16-23(29)28(4)5)25-14-13-19-15-18(3)7-12-22(19)30-6/h7-12,15,17H,13-14,16H2,1-6H3,(H2,25,26,27). The highest BCUT2D eigenvalue weighted by molar-refractivity contribution is 5.95. The van der Waals surface area contributed by atoms with Gasteiger partial charge in [-0.15, -0.1) is 0 Å². The van der Waals surface area contributed by atoms with E-state index in [1.54, 1.807) is 21.2 Å². The highest BCUT2D eigenvalue weighted by atomic mass is 16.5. The third-order valence-corrected chi connectivity index (χ3v) is 4.48. The number of hydrogen-bond donors (Lipinski definition) is 2.